The number of hydrogen-bond donors (Lipinski definition) is 0. The molecular weight excluding hydrogens is 797 g/mol. The molecule has 4 heteroatoms. The van der Waals surface area contributed by atoms with Crippen molar-refractivity contribution >= 4 is 92.3 Å². The smallest absolute Gasteiger partial charge is 0.137 e. The second-order valence-electron chi connectivity index (χ2n) is 16.5. The molecule has 64 heavy (non-hydrogen) atoms. The van der Waals surface area contributed by atoms with Crippen molar-refractivity contribution in [1.82, 2.24) is 4.57 Å². The Morgan fingerprint density at radius 1 is 0.375 bits per heavy atom. The Morgan fingerprint density at radius 2 is 0.906 bits per heavy atom. The average Bonchev–Trinajstić information content (AvgIpc) is 4.04. The zero-order valence-corrected chi connectivity index (χ0v) is 35.5. The van der Waals surface area contributed by atoms with Gasteiger partial charge in [0.25, 0.3) is 0 Å². The molecule has 10 aromatic carbocycles. The minimum absolute atomic E-state index is 0.851. The maximum atomic E-state index is 6.77. The normalized spacial score (nSPS) is 11.8. The fraction of sp³-hybridized carbons (Fsp3) is 0. The van der Waals surface area contributed by atoms with Gasteiger partial charge < -0.3 is 13.9 Å². The van der Waals surface area contributed by atoms with Gasteiger partial charge in [-0.05, 0) is 106 Å². The third-order valence-electron chi connectivity index (χ3n) is 12.8. The summed E-state index contributed by atoms with van der Waals surface area (Å²) in [5.74, 6) is 0. The van der Waals surface area contributed by atoms with Gasteiger partial charge in [0.05, 0.1) is 16.7 Å². The van der Waals surface area contributed by atoms with E-state index in [9.17, 15) is 0 Å². The van der Waals surface area contributed by atoms with Crippen molar-refractivity contribution in [3.05, 3.63) is 231 Å². The van der Waals surface area contributed by atoms with E-state index >= 15 is 0 Å². The second kappa shape index (κ2) is 14.7. The largest absolute Gasteiger partial charge is 0.456 e. The Morgan fingerprint density at radius 3 is 1.56 bits per heavy atom. The average molecular weight is 835 g/mol. The van der Waals surface area contributed by atoms with E-state index in [0.717, 1.165) is 50.3 Å². The molecule has 0 bridgehead atoms. The molecule has 0 saturated heterocycles. The lowest BCUT2D eigenvalue weighted by Gasteiger charge is -2.27. The van der Waals surface area contributed by atoms with Crippen molar-refractivity contribution in [3.63, 3.8) is 0 Å². The first kappa shape index (κ1) is 36.5. The minimum atomic E-state index is 0.851. The fourth-order valence-electron chi connectivity index (χ4n) is 9.80. The van der Waals surface area contributed by atoms with Gasteiger partial charge in [0.1, 0.15) is 11.2 Å². The van der Waals surface area contributed by atoms with Gasteiger partial charge in [-0.1, -0.05) is 152 Å². The highest BCUT2D eigenvalue weighted by Crippen LogP contribution is 2.50. The second-order valence-corrected chi connectivity index (χ2v) is 17.5. The number of furan rings is 1. The summed E-state index contributed by atoms with van der Waals surface area (Å²) in [6.07, 6.45) is 0. The summed E-state index contributed by atoms with van der Waals surface area (Å²) >= 11 is 1.87. The Balaban J connectivity index is 1.04. The molecule has 0 unspecified atom stereocenters. The summed E-state index contributed by atoms with van der Waals surface area (Å²) in [5, 5.41) is 7.16. The summed E-state index contributed by atoms with van der Waals surface area (Å²) in [7, 11) is 0. The van der Waals surface area contributed by atoms with Gasteiger partial charge in [0, 0.05) is 64.8 Å². The molecular formula is C60H38N2OS. The van der Waals surface area contributed by atoms with Gasteiger partial charge in [-0.2, -0.15) is 0 Å². The lowest BCUT2D eigenvalue weighted by Crippen LogP contribution is -2.10. The third kappa shape index (κ3) is 5.88. The first-order valence-corrected chi connectivity index (χ1v) is 22.6. The maximum Gasteiger partial charge on any atom is 0.137 e. The number of hydrogen-bond acceptors (Lipinski definition) is 3. The summed E-state index contributed by atoms with van der Waals surface area (Å²) in [4.78, 5) is 2.42. The molecule has 3 aromatic heterocycles. The van der Waals surface area contributed by atoms with Crippen LogP contribution < -0.4 is 4.90 Å². The number of fused-ring (bicyclic) bond motifs is 9. The summed E-state index contributed by atoms with van der Waals surface area (Å²) in [6.45, 7) is 0. The lowest BCUT2D eigenvalue weighted by atomic mass is 9.98. The van der Waals surface area contributed by atoms with Crippen LogP contribution in [0, 0.1) is 0 Å². The molecule has 0 amide bonds. The molecule has 0 aliphatic heterocycles. The van der Waals surface area contributed by atoms with Crippen molar-refractivity contribution in [2.24, 2.45) is 0 Å². The van der Waals surface area contributed by atoms with Crippen molar-refractivity contribution in [1.29, 1.82) is 0 Å². The predicted octanol–water partition coefficient (Wildman–Crippen LogP) is 17.5. The summed E-state index contributed by atoms with van der Waals surface area (Å²) in [5.41, 5.74) is 15.6. The molecule has 13 aromatic rings. The molecule has 3 nitrogen and oxygen atoms in total. The number of thiophene rings is 1. The SMILES string of the molecule is c1ccc(-c2ccc3c(c2)oc2cc(N(c4ccc(-n5c6ccccc6c6ccccc65)cc4)c4ccc(-c5ccccc5)c5sc6cc(-c7ccccc7)ccc6c45)ccc23)cc1. The quantitative estimate of drug-likeness (QED) is 0.159. The fourth-order valence-corrected chi connectivity index (χ4v) is 11.1. The number of aromatic nitrogens is 1. The highest BCUT2D eigenvalue weighted by Gasteiger charge is 2.23. The van der Waals surface area contributed by atoms with E-state index in [2.05, 4.69) is 240 Å². The number of nitrogens with zero attached hydrogens (tertiary/aromatic N) is 2. The molecule has 0 atom stereocenters. The van der Waals surface area contributed by atoms with Crippen LogP contribution in [0.4, 0.5) is 17.1 Å². The van der Waals surface area contributed by atoms with Crippen LogP contribution in [0.3, 0.4) is 0 Å². The van der Waals surface area contributed by atoms with Gasteiger partial charge >= 0.3 is 0 Å². The van der Waals surface area contributed by atoms with Gasteiger partial charge in [-0.25, -0.2) is 0 Å². The molecule has 0 saturated carbocycles. The Kier molecular flexibility index (Phi) is 8.40. The van der Waals surface area contributed by atoms with Gasteiger partial charge in [-0.3, -0.25) is 0 Å². The molecule has 0 radical (unpaired) electrons. The van der Waals surface area contributed by atoms with E-state index in [0.29, 0.717) is 0 Å². The van der Waals surface area contributed by atoms with Crippen LogP contribution in [0.5, 0.6) is 0 Å². The number of rotatable bonds is 7. The van der Waals surface area contributed by atoms with Crippen LogP contribution in [-0.2, 0) is 0 Å². The number of anilines is 3. The third-order valence-corrected chi connectivity index (χ3v) is 14.0. The van der Waals surface area contributed by atoms with Gasteiger partial charge in [0.2, 0.25) is 0 Å². The summed E-state index contributed by atoms with van der Waals surface area (Å²) < 4.78 is 11.7. The zero-order valence-electron chi connectivity index (χ0n) is 34.7. The molecule has 3 heterocycles. The zero-order chi connectivity index (χ0) is 42.1. The van der Waals surface area contributed by atoms with E-state index in [1.807, 2.05) is 11.3 Å². The Bertz CT molecular complexity index is 3830. The first-order valence-electron chi connectivity index (χ1n) is 21.7. The minimum Gasteiger partial charge on any atom is -0.456 e. The van der Waals surface area contributed by atoms with E-state index in [1.165, 1.54) is 69.8 Å². The van der Waals surface area contributed by atoms with E-state index < -0.39 is 0 Å². The molecule has 0 aliphatic carbocycles. The van der Waals surface area contributed by atoms with Crippen molar-refractivity contribution in [2.45, 2.75) is 0 Å². The molecule has 0 N–H and O–H groups in total. The van der Waals surface area contributed by atoms with E-state index in [-0.39, 0.29) is 0 Å². The Hall–Kier alpha value is -8.18. The first-order chi connectivity index (χ1) is 31.7. The van der Waals surface area contributed by atoms with E-state index in [1.54, 1.807) is 0 Å². The van der Waals surface area contributed by atoms with Crippen molar-refractivity contribution in [3.8, 4) is 39.1 Å². The van der Waals surface area contributed by atoms with Crippen LogP contribution in [0.2, 0.25) is 0 Å². The lowest BCUT2D eigenvalue weighted by molar-refractivity contribution is 0.669. The highest BCUT2D eigenvalue weighted by atomic mass is 32.1. The standard InChI is InChI=1S/C60H38N2OS/c1-4-14-39(15-5-1)42-24-31-50-51-33-30-46(38-57(51)63-56(50)36-42)61(44-26-28-45(29-27-44)62-53-22-12-10-20-48(53)49-21-11-13-23-54(49)62)55-35-34-47(41-18-8-3-9-19-41)60-59(55)52-32-25-43(37-58(52)64-60)40-16-6-2-7-17-40/h1-38H. The molecule has 300 valence electrons. The van der Waals surface area contributed by atoms with Crippen molar-refractivity contribution in [2.75, 3.05) is 4.90 Å². The number of benzene rings is 10. The van der Waals surface area contributed by atoms with Gasteiger partial charge in [0.15, 0.2) is 0 Å². The van der Waals surface area contributed by atoms with E-state index in [4.69, 9.17) is 4.42 Å². The predicted molar refractivity (Wildman–Crippen MR) is 272 cm³/mol. The van der Waals surface area contributed by atoms with Crippen LogP contribution in [-0.4, -0.2) is 4.57 Å². The van der Waals surface area contributed by atoms with Crippen LogP contribution >= 0.6 is 11.3 Å². The van der Waals surface area contributed by atoms with Crippen molar-refractivity contribution < 1.29 is 4.42 Å². The summed E-state index contributed by atoms with van der Waals surface area (Å²) in [6, 6.07) is 83.3. The highest BCUT2D eigenvalue weighted by molar-refractivity contribution is 7.26. The van der Waals surface area contributed by atoms with Crippen LogP contribution in [0.1, 0.15) is 0 Å². The molecule has 0 spiro atoms. The van der Waals surface area contributed by atoms with Crippen LogP contribution in [0.15, 0.2) is 235 Å². The number of para-hydroxylation sites is 2. The maximum absolute atomic E-state index is 6.77. The Labute approximate surface area is 373 Å². The topological polar surface area (TPSA) is 21.3 Å². The monoisotopic (exact) mass is 834 g/mol. The molecule has 0 aliphatic rings. The van der Waals surface area contributed by atoms with Gasteiger partial charge in [-0.15, -0.1) is 11.3 Å². The van der Waals surface area contributed by atoms with Crippen LogP contribution in [0.25, 0.3) is 103 Å². The molecule has 0 fully saturated rings. The molecule has 13 rings (SSSR count).